The second-order valence-corrected chi connectivity index (χ2v) is 8.86. The van der Waals surface area contributed by atoms with Gasteiger partial charge in [-0.3, -0.25) is 0 Å². The maximum atomic E-state index is 2.49. The van der Waals surface area contributed by atoms with Crippen molar-refractivity contribution in [3.63, 3.8) is 0 Å². The van der Waals surface area contributed by atoms with Crippen molar-refractivity contribution >= 4 is 10.8 Å². The SMILES string of the molecule is CCCCCCCCCCC1CCC2CCc3cccc4ccc1c2c34. The van der Waals surface area contributed by atoms with E-state index in [1.807, 2.05) is 0 Å². The minimum Gasteiger partial charge on any atom is -0.0654 e. The average Bonchev–Trinajstić information content (AvgIpc) is 2.69. The van der Waals surface area contributed by atoms with Crippen LogP contribution in [0, 0.1) is 0 Å². The van der Waals surface area contributed by atoms with Crippen molar-refractivity contribution in [2.45, 2.75) is 102 Å². The lowest BCUT2D eigenvalue weighted by atomic mass is 9.68. The van der Waals surface area contributed by atoms with Crippen molar-refractivity contribution in [3.05, 3.63) is 47.0 Å². The van der Waals surface area contributed by atoms with Gasteiger partial charge in [-0.15, -0.1) is 0 Å². The van der Waals surface area contributed by atoms with Gasteiger partial charge in [0.2, 0.25) is 0 Å². The molecular formula is C26H36. The number of hydrogen-bond donors (Lipinski definition) is 0. The number of unbranched alkanes of at least 4 members (excludes halogenated alkanes) is 7. The highest BCUT2D eigenvalue weighted by Crippen LogP contribution is 2.49. The highest BCUT2D eigenvalue weighted by molar-refractivity contribution is 5.91. The molecular weight excluding hydrogens is 312 g/mol. The number of aryl methyl sites for hydroxylation is 1. The molecule has 2 aromatic carbocycles. The van der Waals surface area contributed by atoms with Crippen LogP contribution in [-0.2, 0) is 6.42 Å². The predicted octanol–water partition coefficient (Wildman–Crippen LogP) is 8.28. The van der Waals surface area contributed by atoms with Gasteiger partial charge in [0.15, 0.2) is 0 Å². The molecule has 0 radical (unpaired) electrons. The van der Waals surface area contributed by atoms with Gasteiger partial charge in [0.1, 0.15) is 0 Å². The van der Waals surface area contributed by atoms with Crippen LogP contribution in [0.1, 0.15) is 112 Å². The zero-order chi connectivity index (χ0) is 17.8. The van der Waals surface area contributed by atoms with E-state index in [1.54, 1.807) is 22.1 Å². The van der Waals surface area contributed by atoms with Crippen molar-refractivity contribution in [3.8, 4) is 0 Å². The first-order valence-electron chi connectivity index (χ1n) is 11.4. The summed E-state index contributed by atoms with van der Waals surface area (Å²) in [4.78, 5) is 0. The van der Waals surface area contributed by atoms with Crippen LogP contribution in [0.2, 0.25) is 0 Å². The normalized spacial score (nSPS) is 21.3. The fraction of sp³-hybridized carbons (Fsp3) is 0.615. The summed E-state index contributed by atoms with van der Waals surface area (Å²) >= 11 is 0. The summed E-state index contributed by atoms with van der Waals surface area (Å²) in [6.07, 6.45) is 18.4. The van der Waals surface area contributed by atoms with E-state index in [9.17, 15) is 0 Å². The number of rotatable bonds is 9. The van der Waals surface area contributed by atoms with Gasteiger partial charge in [-0.25, -0.2) is 0 Å². The van der Waals surface area contributed by atoms with Crippen LogP contribution >= 0.6 is 0 Å². The lowest BCUT2D eigenvalue weighted by Crippen LogP contribution is -2.19. The van der Waals surface area contributed by atoms with Gasteiger partial charge in [0.05, 0.1) is 0 Å². The van der Waals surface area contributed by atoms with E-state index in [-0.39, 0.29) is 0 Å². The smallest absolute Gasteiger partial charge is 0.0114 e. The van der Waals surface area contributed by atoms with Crippen LogP contribution in [0.25, 0.3) is 10.8 Å². The lowest BCUT2D eigenvalue weighted by Gasteiger charge is -2.36. The summed E-state index contributed by atoms with van der Waals surface area (Å²) in [6, 6.07) is 11.9. The fourth-order valence-electron chi connectivity index (χ4n) is 5.65. The molecule has 0 saturated heterocycles. The minimum atomic E-state index is 0.830. The molecule has 0 N–H and O–H groups in total. The summed E-state index contributed by atoms with van der Waals surface area (Å²) in [7, 11) is 0. The average molecular weight is 349 g/mol. The van der Waals surface area contributed by atoms with E-state index in [0.29, 0.717) is 0 Å². The Kier molecular flexibility index (Phi) is 5.98. The van der Waals surface area contributed by atoms with E-state index in [0.717, 1.165) is 11.8 Å². The molecule has 0 amide bonds. The van der Waals surface area contributed by atoms with Crippen molar-refractivity contribution in [1.29, 1.82) is 0 Å². The van der Waals surface area contributed by atoms with E-state index < -0.39 is 0 Å². The molecule has 2 aliphatic carbocycles. The van der Waals surface area contributed by atoms with Gasteiger partial charge in [0.25, 0.3) is 0 Å². The first kappa shape index (κ1) is 18.1. The Morgan fingerprint density at radius 1 is 0.808 bits per heavy atom. The van der Waals surface area contributed by atoms with Crippen molar-refractivity contribution in [2.75, 3.05) is 0 Å². The molecule has 0 fully saturated rings. The van der Waals surface area contributed by atoms with E-state index in [2.05, 4.69) is 37.3 Å². The van der Waals surface area contributed by atoms with Crippen LogP contribution in [-0.4, -0.2) is 0 Å². The van der Waals surface area contributed by atoms with Gasteiger partial charge in [-0.2, -0.15) is 0 Å². The highest BCUT2D eigenvalue weighted by atomic mass is 14.4. The zero-order valence-electron chi connectivity index (χ0n) is 16.7. The third-order valence-electron chi connectivity index (χ3n) is 7.09. The first-order chi connectivity index (χ1) is 12.9. The van der Waals surface area contributed by atoms with Crippen LogP contribution in [0.4, 0.5) is 0 Å². The van der Waals surface area contributed by atoms with Crippen molar-refractivity contribution < 1.29 is 0 Å². The molecule has 0 spiro atoms. The molecule has 0 nitrogen and oxygen atoms in total. The Hall–Kier alpha value is -1.30. The van der Waals surface area contributed by atoms with E-state index >= 15 is 0 Å². The molecule has 0 heterocycles. The molecule has 0 aromatic heterocycles. The van der Waals surface area contributed by atoms with Gasteiger partial charge >= 0.3 is 0 Å². The molecule has 0 heteroatoms. The molecule has 0 aliphatic heterocycles. The minimum absolute atomic E-state index is 0.830. The highest BCUT2D eigenvalue weighted by Gasteiger charge is 2.31. The lowest BCUT2D eigenvalue weighted by molar-refractivity contribution is 0.429. The predicted molar refractivity (Wildman–Crippen MR) is 114 cm³/mol. The Balaban J connectivity index is 1.39. The monoisotopic (exact) mass is 348 g/mol. The zero-order valence-corrected chi connectivity index (χ0v) is 16.7. The van der Waals surface area contributed by atoms with Gasteiger partial charge in [0, 0.05) is 0 Å². The van der Waals surface area contributed by atoms with Crippen molar-refractivity contribution in [1.82, 2.24) is 0 Å². The second kappa shape index (κ2) is 8.59. The summed E-state index contributed by atoms with van der Waals surface area (Å²) in [5.74, 6) is 1.68. The molecule has 140 valence electrons. The van der Waals surface area contributed by atoms with Crippen LogP contribution in [0.5, 0.6) is 0 Å². The third-order valence-corrected chi connectivity index (χ3v) is 7.09. The van der Waals surface area contributed by atoms with Crippen LogP contribution in [0.3, 0.4) is 0 Å². The van der Waals surface area contributed by atoms with Crippen LogP contribution in [0.15, 0.2) is 30.3 Å². The molecule has 2 aliphatic rings. The Bertz CT molecular complexity index is 726. The molecule has 0 bridgehead atoms. The molecule has 4 rings (SSSR count). The summed E-state index contributed by atoms with van der Waals surface area (Å²) < 4.78 is 0. The molecule has 2 atom stereocenters. The first-order valence-corrected chi connectivity index (χ1v) is 11.4. The van der Waals surface area contributed by atoms with Crippen molar-refractivity contribution in [2.24, 2.45) is 0 Å². The quantitative estimate of drug-likeness (QED) is 0.400. The third kappa shape index (κ3) is 3.71. The Labute approximate surface area is 160 Å². The molecule has 0 saturated carbocycles. The molecule has 2 unspecified atom stereocenters. The topological polar surface area (TPSA) is 0 Å². The van der Waals surface area contributed by atoms with E-state index in [4.69, 9.17) is 0 Å². The fourth-order valence-corrected chi connectivity index (χ4v) is 5.65. The number of hydrogen-bond acceptors (Lipinski definition) is 0. The van der Waals surface area contributed by atoms with E-state index in [1.165, 1.54) is 88.9 Å². The second-order valence-electron chi connectivity index (χ2n) is 8.86. The molecule has 2 aromatic rings. The summed E-state index contributed by atoms with van der Waals surface area (Å²) in [5.41, 5.74) is 5.10. The maximum Gasteiger partial charge on any atom is -0.0114 e. The largest absolute Gasteiger partial charge is 0.0654 e. The van der Waals surface area contributed by atoms with Gasteiger partial charge in [-0.05, 0) is 71.4 Å². The van der Waals surface area contributed by atoms with Gasteiger partial charge < -0.3 is 0 Å². The Morgan fingerprint density at radius 2 is 1.62 bits per heavy atom. The molecule has 26 heavy (non-hydrogen) atoms. The maximum absolute atomic E-state index is 2.49. The standard InChI is InChI=1S/C26H36/c1-2-3-4-5-6-7-8-9-11-20-14-15-23-17-16-21-12-10-13-22-18-19-24(20)26(23)25(21)22/h10,12-13,18-20,23H,2-9,11,14-17H2,1H3. The van der Waals surface area contributed by atoms with Gasteiger partial charge in [-0.1, -0.05) is 88.6 Å². The Morgan fingerprint density at radius 3 is 2.46 bits per heavy atom. The summed E-state index contributed by atoms with van der Waals surface area (Å²) in [6.45, 7) is 2.30. The van der Waals surface area contributed by atoms with Crippen LogP contribution < -0.4 is 0 Å². The number of benzene rings is 2. The summed E-state index contributed by atoms with van der Waals surface area (Å²) in [5, 5.41) is 3.13.